The second kappa shape index (κ2) is 7.80. The number of halogens is 1. The highest BCUT2D eigenvalue weighted by Crippen LogP contribution is 2.09. The third kappa shape index (κ3) is 4.44. The first-order valence-electron chi connectivity index (χ1n) is 6.32. The molecule has 0 saturated carbocycles. The number of rotatable bonds is 7. The smallest absolute Gasteiger partial charge is 0.127 e. The van der Waals surface area contributed by atoms with E-state index in [9.17, 15) is 4.39 Å². The Bertz CT molecular complexity index is 408. The SMILES string of the molecule is CCN(CC)CCNCc1cc(C#N)ccc1F. The Kier molecular flexibility index (Phi) is 6.34. The van der Waals surface area contributed by atoms with Gasteiger partial charge in [-0.2, -0.15) is 5.26 Å². The van der Waals surface area contributed by atoms with Gasteiger partial charge in [0.1, 0.15) is 5.82 Å². The maximum absolute atomic E-state index is 13.5. The van der Waals surface area contributed by atoms with Crippen molar-refractivity contribution in [2.75, 3.05) is 26.2 Å². The number of nitrogens with zero attached hydrogens (tertiary/aromatic N) is 2. The Morgan fingerprint density at radius 3 is 2.67 bits per heavy atom. The highest BCUT2D eigenvalue weighted by molar-refractivity contribution is 5.33. The molecule has 18 heavy (non-hydrogen) atoms. The number of nitrogens with one attached hydrogen (secondary N) is 1. The normalized spacial score (nSPS) is 10.6. The third-order valence-corrected chi connectivity index (χ3v) is 2.99. The van der Waals surface area contributed by atoms with Gasteiger partial charge >= 0.3 is 0 Å². The van der Waals surface area contributed by atoms with Crippen LogP contribution in [-0.2, 0) is 6.54 Å². The summed E-state index contributed by atoms with van der Waals surface area (Å²) < 4.78 is 13.5. The molecule has 0 amide bonds. The van der Waals surface area contributed by atoms with Crippen LogP contribution in [0, 0.1) is 17.1 Å². The maximum Gasteiger partial charge on any atom is 0.127 e. The van der Waals surface area contributed by atoms with Crippen molar-refractivity contribution in [3.05, 3.63) is 35.1 Å². The first-order chi connectivity index (χ1) is 8.71. The lowest BCUT2D eigenvalue weighted by Crippen LogP contribution is -2.31. The van der Waals surface area contributed by atoms with Crippen LogP contribution in [0.15, 0.2) is 18.2 Å². The zero-order chi connectivity index (χ0) is 13.4. The molecule has 1 aromatic carbocycles. The minimum absolute atomic E-state index is 0.260. The van der Waals surface area contributed by atoms with Gasteiger partial charge in [0.2, 0.25) is 0 Å². The number of benzene rings is 1. The highest BCUT2D eigenvalue weighted by atomic mass is 19.1. The molecule has 0 unspecified atom stereocenters. The van der Waals surface area contributed by atoms with Crippen molar-refractivity contribution in [2.24, 2.45) is 0 Å². The predicted octanol–water partition coefficient (Wildman–Crippen LogP) is 2.13. The molecule has 0 aliphatic rings. The number of hydrogen-bond acceptors (Lipinski definition) is 3. The molecule has 0 saturated heterocycles. The highest BCUT2D eigenvalue weighted by Gasteiger charge is 2.03. The molecule has 0 bridgehead atoms. The van der Waals surface area contributed by atoms with Gasteiger partial charge in [-0.1, -0.05) is 13.8 Å². The minimum atomic E-state index is -0.260. The molecule has 1 rings (SSSR count). The van der Waals surface area contributed by atoms with Crippen LogP contribution in [-0.4, -0.2) is 31.1 Å². The largest absolute Gasteiger partial charge is 0.311 e. The quantitative estimate of drug-likeness (QED) is 0.752. The standard InChI is InChI=1S/C14H20FN3/c1-3-18(4-2)8-7-17-11-13-9-12(10-16)5-6-14(13)15/h5-6,9,17H,3-4,7-8,11H2,1-2H3. The van der Waals surface area contributed by atoms with Crippen LogP contribution in [0.2, 0.25) is 0 Å². The van der Waals surface area contributed by atoms with Crippen molar-refractivity contribution in [3.63, 3.8) is 0 Å². The minimum Gasteiger partial charge on any atom is -0.311 e. The molecule has 0 aromatic heterocycles. The first kappa shape index (κ1) is 14.6. The van der Waals surface area contributed by atoms with Gasteiger partial charge in [-0.3, -0.25) is 0 Å². The third-order valence-electron chi connectivity index (χ3n) is 2.99. The van der Waals surface area contributed by atoms with Crippen molar-refractivity contribution in [3.8, 4) is 6.07 Å². The van der Waals surface area contributed by atoms with Gasteiger partial charge in [0.15, 0.2) is 0 Å². The molecule has 0 heterocycles. The van der Waals surface area contributed by atoms with Crippen LogP contribution in [0.4, 0.5) is 4.39 Å². The van der Waals surface area contributed by atoms with Gasteiger partial charge < -0.3 is 10.2 Å². The Labute approximate surface area is 108 Å². The van der Waals surface area contributed by atoms with E-state index in [4.69, 9.17) is 5.26 Å². The van der Waals surface area contributed by atoms with Crippen LogP contribution in [0.1, 0.15) is 25.0 Å². The Hall–Kier alpha value is -1.44. The lowest BCUT2D eigenvalue weighted by atomic mass is 10.1. The van der Waals surface area contributed by atoms with Gasteiger partial charge in [-0.15, -0.1) is 0 Å². The number of likely N-dealkylation sites (N-methyl/N-ethyl adjacent to an activating group) is 1. The average Bonchev–Trinajstić information content (AvgIpc) is 2.41. The van der Waals surface area contributed by atoms with Crippen molar-refractivity contribution >= 4 is 0 Å². The summed E-state index contributed by atoms with van der Waals surface area (Å²) in [6.45, 7) is 8.53. The summed E-state index contributed by atoms with van der Waals surface area (Å²) in [5, 5.41) is 12.0. The van der Waals surface area contributed by atoms with E-state index < -0.39 is 0 Å². The van der Waals surface area contributed by atoms with Gasteiger partial charge in [0, 0.05) is 25.2 Å². The predicted molar refractivity (Wildman–Crippen MR) is 70.6 cm³/mol. The summed E-state index contributed by atoms with van der Waals surface area (Å²) in [4.78, 5) is 2.30. The molecule has 0 atom stereocenters. The summed E-state index contributed by atoms with van der Waals surface area (Å²) in [5.41, 5.74) is 1.05. The lowest BCUT2D eigenvalue weighted by Gasteiger charge is -2.18. The van der Waals surface area contributed by atoms with E-state index in [0.717, 1.165) is 26.2 Å². The Balaban J connectivity index is 2.42. The zero-order valence-electron chi connectivity index (χ0n) is 11.0. The topological polar surface area (TPSA) is 39.1 Å². The van der Waals surface area contributed by atoms with E-state index in [1.54, 1.807) is 6.07 Å². The first-order valence-corrected chi connectivity index (χ1v) is 6.32. The van der Waals surface area contributed by atoms with Crippen LogP contribution >= 0.6 is 0 Å². The fourth-order valence-corrected chi connectivity index (χ4v) is 1.78. The molecule has 3 nitrogen and oxygen atoms in total. The molecule has 1 N–H and O–H groups in total. The Morgan fingerprint density at radius 2 is 2.06 bits per heavy atom. The summed E-state index contributed by atoms with van der Waals surface area (Å²) in [6.07, 6.45) is 0. The molecule has 0 radical (unpaired) electrons. The summed E-state index contributed by atoms with van der Waals surface area (Å²) in [7, 11) is 0. The molecular formula is C14H20FN3. The van der Waals surface area contributed by atoms with E-state index in [1.807, 2.05) is 6.07 Å². The molecule has 0 aliphatic heterocycles. The second-order valence-corrected chi connectivity index (χ2v) is 4.12. The van der Waals surface area contributed by atoms with Crippen LogP contribution < -0.4 is 5.32 Å². The van der Waals surface area contributed by atoms with E-state index in [1.165, 1.54) is 12.1 Å². The van der Waals surface area contributed by atoms with E-state index in [2.05, 4.69) is 24.1 Å². The number of nitriles is 1. The molecule has 1 aromatic rings. The number of hydrogen-bond donors (Lipinski definition) is 1. The molecule has 0 aliphatic carbocycles. The Morgan fingerprint density at radius 1 is 1.33 bits per heavy atom. The lowest BCUT2D eigenvalue weighted by molar-refractivity contribution is 0.302. The average molecular weight is 249 g/mol. The van der Waals surface area contributed by atoms with Crippen molar-refractivity contribution in [1.29, 1.82) is 5.26 Å². The fourth-order valence-electron chi connectivity index (χ4n) is 1.78. The van der Waals surface area contributed by atoms with Crippen LogP contribution in [0.25, 0.3) is 0 Å². The summed E-state index contributed by atoms with van der Waals surface area (Å²) in [6, 6.07) is 6.46. The summed E-state index contributed by atoms with van der Waals surface area (Å²) in [5.74, 6) is -0.260. The van der Waals surface area contributed by atoms with Gasteiger partial charge in [0.05, 0.1) is 11.6 Å². The van der Waals surface area contributed by atoms with Gasteiger partial charge in [-0.05, 0) is 31.3 Å². The molecule has 0 fully saturated rings. The zero-order valence-corrected chi connectivity index (χ0v) is 11.0. The van der Waals surface area contributed by atoms with Crippen LogP contribution in [0.3, 0.4) is 0 Å². The molecular weight excluding hydrogens is 229 g/mol. The van der Waals surface area contributed by atoms with Gasteiger partial charge in [0.25, 0.3) is 0 Å². The van der Waals surface area contributed by atoms with Crippen LogP contribution in [0.5, 0.6) is 0 Å². The monoisotopic (exact) mass is 249 g/mol. The molecule has 4 heteroatoms. The maximum atomic E-state index is 13.5. The van der Waals surface area contributed by atoms with Crippen molar-refractivity contribution in [2.45, 2.75) is 20.4 Å². The van der Waals surface area contributed by atoms with E-state index >= 15 is 0 Å². The molecule has 98 valence electrons. The van der Waals surface area contributed by atoms with E-state index in [-0.39, 0.29) is 5.82 Å². The van der Waals surface area contributed by atoms with Gasteiger partial charge in [-0.25, -0.2) is 4.39 Å². The van der Waals surface area contributed by atoms with E-state index in [0.29, 0.717) is 17.7 Å². The van der Waals surface area contributed by atoms with Crippen molar-refractivity contribution < 1.29 is 4.39 Å². The second-order valence-electron chi connectivity index (χ2n) is 4.12. The van der Waals surface area contributed by atoms with Crippen molar-refractivity contribution in [1.82, 2.24) is 10.2 Å². The fraction of sp³-hybridized carbons (Fsp3) is 0.500. The molecule has 0 spiro atoms. The summed E-state index contributed by atoms with van der Waals surface area (Å²) >= 11 is 0.